The van der Waals surface area contributed by atoms with Gasteiger partial charge >= 0.3 is 0 Å². The molecule has 2 heterocycles. The van der Waals surface area contributed by atoms with Gasteiger partial charge in [0.15, 0.2) is 0 Å². The van der Waals surface area contributed by atoms with Gasteiger partial charge in [-0.05, 0) is 30.2 Å². The molecule has 0 aliphatic carbocycles. The van der Waals surface area contributed by atoms with E-state index in [-0.39, 0.29) is 30.4 Å². The molecule has 0 saturated carbocycles. The second-order valence-electron chi connectivity index (χ2n) is 5.88. The van der Waals surface area contributed by atoms with Gasteiger partial charge in [-0.15, -0.1) is 0 Å². The Kier molecular flexibility index (Phi) is 4.89. The number of hydrogen-bond donors (Lipinski definition) is 0. The molecular weight excluding hydrogens is 316 g/mol. The monoisotopic (exact) mass is 335 g/mol. The topological polar surface area (TPSA) is 47.4 Å². The molecule has 1 aromatic heterocycles. The van der Waals surface area contributed by atoms with E-state index in [4.69, 9.17) is 4.74 Å². The van der Waals surface area contributed by atoms with Crippen LogP contribution in [-0.4, -0.2) is 40.3 Å². The van der Waals surface area contributed by atoms with Crippen LogP contribution in [0.15, 0.2) is 30.6 Å². The normalized spacial score (nSPS) is 18.0. The molecule has 0 spiro atoms. The molecule has 24 heavy (non-hydrogen) atoms. The lowest BCUT2D eigenvalue weighted by Crippen LogP contribution is -2.42. The van der Waals surface area contributed by atoms with E-state index >= 15 is 0 Å². The SMILES string of the molecule is Cn1cc([C@@H]2CN(C(=O)CCc3cc(F)ccc3F)CCO2)cn1. The molecule has 1 aliphatic rings. The van der Waals surface area contributed by atoms with E-state index in [1.165, 1.54) is 0 Å². The van der Waals surface area contributed by atoms with E-state index in [2.05, 4.69) is 5.10 Å². The number of amides is 1. The summed E-state index contributed by atoms with van der Waals surface area (Å²) in [5, 5.41) is 4.11. The van der Waals surface area contributed by atoms with Gasteiger partial charge in [0, 0.05) is 31.8 Å². The van der Waals surface area contributed by atoms with Crippen molar-refractivity contribution in [3.8, 4) is 0 Å². The lowest BCUT2D eigenvalue weighted by Gasteiger charge is -2.32. The van der Waals surface area contributed by atoms with Crippen molar-refractivity contribution in [3.05, 3.63) is 53.4 Å². The summed E-state index contributed by atoms with van der Waals surface area (Å²) in [5.74, 6) is -1.07. The molecule has 0 unspecified atom stereocenters. The summed E-state index contributed by atoms with van der Waals surface area (Å²) in [7, 11) is 1.82. The number of morpholine rings is 1. The zero-order valence-corrected chi connectivity index (χ0v) is 13.4. The Balaban J connectivity index is 1.59. The molecule has 1 aromatic carbocycles. The summed E-state index contributed by atoms with van der Waals surface area (Å²) in [5.41, 5.74) is 1.14. The fourth-order valence-corrected chi connectivity index (χ4v) is 2.82. The van der Waals surface area contributed by atoms with Crippen molar-refractivity contribution >= 4 is 5.91 Å². The number of benzene rings is 1. The summed E-state index contributed by atoms with van der Waals surface area (Å²) >= 11 is 0. The molecule has 5 nitrogen and oxygen atoms in total. The zero-order valence-electron chi connectivity index (χ0n) is 13.4. The molecule has 0 bridgehead atoms. The van der Waals surface area contributed by atoms with Gasteiger partial charge in [-0.1, -0.05) is 0 Å². The lowest BCUT2D eigenvalue weighted by molar-refractivity contribution is -0.139. The maximum absolute atomic E-state index is 13.6. The molecule has 128 valence electrons. The highest BCUT2D eigenvalue weighted by Gasteiger charge is 2.26. The minimum absolute atomic E-state index is 0.0872. The molecule has 1 fully saturated rings. The molecule has 0 radical (unpaired) electrons. The van der Waals surface area contributed by atoms with Crippen LogP contribution in [0.5, 0.6) is 0 Å². The third-order valence-electron chi connectivity index (χ3n) is 4.13. The number of aromatic nitrogens is 2. The van der Waals surface area contributed by atoms with Crippen molar-refractivity contribution in [2.75, 3.05) is 19.7 Å². The van der Waals surface area contributed by atoms with E-state index in [1.807, 2.05) is 13.2 Å². The van der Waals surface area contributed by atoms with E-state index in [1.54, 1.807) is 15.8 Å². The Labute approximate surface area is 138 Å². The third-order valence-corrected chi connectivity index (χ3v) is 4.13. The summed E-state index contributed by atoms with van der Waals surface area (Å²) in [6, 6.07) is 3.30. The number of carbonyl (C=O) groups excluding carboxylic acids is 1. The van der Waals surface area contributed by atoms with Gasteiger partial charge in [-0.25, -0.2) is 8.78 Å². The highest BCUT2D eigenvalue weighted by atomic mass is 19.1. The van der Waals surface area contributed by atoms with Crippen LogP contribution in [0.3, 0.4) is 0 Å². The predicted octanol–water partition coefficient (Wildman–Crippen LogP) is 2.23. The van der Waals surface area contributed by atoms with Crippen LogP contribution in [0.4, 0.5) is 8.78 Å². The first-order valence-corrected chi connectivity index (χ1v) is 7.85. The fraction of sp³-hybridized carbons (Fsp3) is 0.412. The molecule has 2 aromatic rings. The largest absolute Gasteiger partial charge is 0.370 e. The van der Waals surface area contributed by atoms with Crippen LogP contribution in [0.25, 0.3) is 0 Å². The van der Waals surface area contributed by atoms with Crippen LogP contribution < -0.4 is 0 Å². The maximum atomic E-state index is 13.6. The highest BCUT2D eigenvalue weighted by Crippen LogP contribution is 2.22. The summed E-state index contributed by atoms with van der Waals surface area (Å²) in [6.45, 7) is 1.39. The molecule has 0 N–H and O–H groups in total. The molecule has 3 rings (SSSR count). The Hall–Kier alpha value is -2.28. The number of nitrogens with zero attached hydrogens (tertiary/aromatic N) is 3. The van der Waals surface area contributed by atoms with E-state index in [9.17, 15) is 13.6 Å². The van der Waals surface area contributed by atoms with Gasteiger partial charge < -0.3 is 9.64 Å². The van der Waals surface area contributed by atoms with E-state index < -0.39 is 11.6 Å². The van der Waals surface area contributed by atoms with Gasteiger partial charge in [0.1, 0.15) is 17.7 Å². The van der Waals surface area contributed by atoms with Crippen molar-refractivity contribution < 1.29 is 18.3 Å². The number of ether oxygens (including phenoxy) is 1. The number of carbonyl (C=O) groups is 1. The first kappa shape index (κ1) is 16.6. The second-order valence-corrected chi connectivity index (χ2v) is 5.88. The standard InChI is InChI=1S/C17H19F2N3O2/c1-21-10-13(9-20-21)16-11-22(6-7-24-16)17(23)5-2-12-8-14(18)3-4-15(12)19/h3-4,8-10,16H,2,5-7,11H2,1H3/t16-/m0/s1. The lowest BCUT2D eigenvalue weighted by atomic mass is 10.1. The number of aryl methyl sites for hydroxylation is 2. The quantitative estimate of drug-likeness (QED) is 0.861. The zero-order chi connectivity index (χ0) is 17.1. The summed E-state index contributed by atoms with van der Waals surface area (Å²) in [4.78, 5) is 14.1. The van der Waals surface area contributed by atoms with Crippen LogP contribution >= 0.6 is 0 Å². The minimum Gasteiger partial charge on any atom is -0.370 e. The summed E-state index contributed by atoms with van der Waals surface area (Å²) in [6.07, 6.45) is 3.70. The first-order valence-electron chi connectivity index (χ1n) is 7.85. The van der Waals surface area contributed by atoms with Crippen molar-refractivity contribution in [1.82, 2.24) is 14.7 Å². The van der Waals surface area contributed by atoms with Crippen molar-refractivity contribution in [2.45, 2.75) is 18.9 Å². The van der Waals surface area contributed by atoms with Gasteiger partial charge in [0.05, 0.1) is 19.3 Å². The molecular formula is C17H19F2N3O2. The van der Waals surface area contributed by atoms with Crippen molar-refractivity contribution in [3.63, 3.8) is 0 Å². The van der Waals surface area contributed by atoms with Gasteiger partial charge in [0.2, 0.25) is 5.91 Å². The van der Waals surface area contributed by atoms with Gasteiger partial charge in [-0.3, -0.25) is 9.48 Å². The highest BCUT2D eigenvalue weighted by molar-refractivity contribution is 5.76. The Morgan fingerprint density at radius 2 is 2.25 bits per heavy atom. The smallest absolute Gasteiger partial charge is 0.223 e. The Morgan fingerprint density at radius 3 is 3.00 bits per heavy atom. The van der Waals surface area contributed by atoms with Crippen LogP contribution in [-0.2, 0) is 23.0 Å². The first-order chi connectivity index (χ1) is 11.5. The average molecular weight is 335 g/mol. The van der Waals surface area contributed by atoms with Gasteiger partial charge in [-0.2, -0.15) is 5.10 Å². The van der Waals surface area contributed by atoms with Crippen molar-refractivity contribution in [2.24, 2.45) is 7.05 Å². The minimum atomic E-state index is -0.498. The maximum Gasteiger partial charge on any atom is 0.223 e. The molecule has 1 saturated heterocycles. The number of halogens is 2. The predicted molar refractivity (Wildman–Crippen MR) is 83.2 cm³/mol. The summed E-state index contributed by atoms with van der Waals surface area (Å²) < 4.78 is 34.2. The number of hydrogen-bond acceptors (Lipinski definition) is 3. The average Bonchev–Trinajstić information content (AvgIpc) is 3.02. The fourth-order valence-electron chi connectivity index (χ4n) is 2.82. The Morgan fingerprint density at radius 1 is 1.42 bits per heavy atom. The van der Waals surface area contributed by atoms with Crippen LogP contribution in [0, 0.1) is 11.6 Å². The second kappa shape index (κ2) is 7.09. The third kappa shape index (κ3) is 3.79. The van der Waals surface area contributed by atoms with Crippen LogP contribution in [0.1, 0.15) is 23.7 Å². The van der Waals surface area contributed by atoms with Crippen LogP contribution in [0.2, 0.25) is 0 Å². The number of rotatable bonds is 4. The molecule has 1 aliphatic heterocycles. The van der Waals surface area contributed by atoms with Gasteiger partial charge in [0.25, 0.3) is 0 Å². The molecule has 7 heteroatoms. The molecule has 1 amide bonds. The molecule has 1 atom stereocenters. The Bertz CT molecular complexity index is 732. The van der Waals surface area contributed by atoms with E-state index in [0.717, 1.165) is 23.8 Å². The van der Waals surface area contributed by atoms with E-state index in [0.29, 0.717) is 19.7 Å². The van der Waals surface area contributed by atoms with Crippen molar-refractivity contribution in [1.29, 1.82) is 0 Å².